The van der Waals surface area contributed by atoms with Gasteiger partial charge >= 0.3 is 6.03 Å². The van der Waals surface area contributed by atoms with E-state index in [9.17, 15) is 4.79 Å². The molecule has 108 valence electrons. The van der Waals surface area contributed by atoms with Crippen LogP contribution >= 0.6 is 15.9 Å². The van der Waals surface area contributed by atoms with Crippen LogP contribution in [0.1, 0.15) is 16.7 Å². The smallest absolute Gasteiger partial charge is 0.306 e. The zero-order valence-corrected chi connectivity index (χ0v) is 13.4. The third kappa shape index (κ3) is 4.43. The van der Waals surface area contributed by atoms with E-state index in [4.69, 9.17) is 0 Å². The van der Waals surface area contributed by atoms with Crippen LogP contribution in [-0.2, 0) is 0 Å². The van der Waals surface area contributed by atoms with E-state index in [1.807, 2.05) is 56.3 Å². The fourth-order valence-corrected chi connectivity index (χ4v) is 2.13. The number of amides is 2. The van der Waals surface area contributed by atoms with E-state index in [2.05, 4.69) is 31.8 Å². The van der Waals surface area contributed by atoms with E-state index >= 15 is 0 Å². The van der Waals surface area contributed by atoms with Gasteiger partial charge in [-0.15, -0.1) is 0 Å². The number of carbonyl (C=O) groups excluding carboxylic acids is 1. The number of hydrazone groups is 1. The fourth-order valence-electron chi connectivity index (χ4n) is 1.87. The minimum Gasteiger partial charge on any atom is -0.306 e. The van der Waals surface area contributed by atoms with Crippen molar-refractivity contribution in [2.75, 3.05) is 5.32 Å². The van der Waals surface area contributed by atoms with Gasteiger partial charge in [0.15, 0.2) is 0 Å². The molecule has 2 aromatic rings. The summed E-state index contributed by atoms with van der Waals surface area (Å²) in [5.74, 6) is 0. The number of anilines is 1. The van der Waals surface area contributed by atoms with Gasteiger partial charge in [0.05, 0.1) is 6.21 Å². The monoisotopic (exact) mass is 345 g/mol. The number of carbonyl (C=O) groups is 1. The Labute approximate surface area is 132 Å². The third-order valence-electron chi connectivity index (χ3n) is 2.97. The van der Waals surface area contributed by atoms with Gasteiger partial charge in [-0.1, -0.05) is 46.3 Å². The molecule has 0 saturated heterocycles. The summed E-state index contributed by atoms with van der Waals surface area (Å²) in [5, 5.41) is 6.73. The largest absolute Gasteiger partial charge is 0.339 e. The van der Waals surface area contributed by atoms with Crippen molar-refractivity contribution in [3.8, 4) is 0 Å². The maximum Gasteiger partial charge on any atom is 0.339 e. The summed E-state index contributed by atoms with van der Waals surface area (Å²) in [7, 11) is 0. The predicted octanol–water partition coefficient (Wildman–Crippen LogP) is 4.22. The second-order valence-electron chi connectivity index (χ2n) is 4.64. The highest BCUT2D eigenvalue weighted by atomic mass is 79.9. The summed E-state index contributed by atoms with van der Waals surface area (Å²) in [6.07, 6.45) is 1.59. The Morgan fingerprint density at radius 1 is 1.10 bits per heavy atom. The number of para-hydroxylation sites is 1. The first-order chi connectivity index (χ1) is 10.1. The summed E-state index contributed by atoms with van der Waals surface area (Å²) < 4.78 is 1.00. The van der Waals surface area contributed by atoms with Gasteiger partial charge in [0.2, 0.25) is 0 Å². The number of urea groups is 1. The third-order valence-corrected chi connectivity index (χ3v) is 3.50. The highest BCUT2D eigenvalue weighted by Gasteiger charge is 2.05. The summed E-state index contributed by atoms with van der Waals surface area (Å²) in [4.78, 5) is 11.8. The standard InChI is InChI=1S/C16H16BrN3O/c1-11-4-3-5-12(2)15(11)19-16(21)20-18-10-13-6-8-14(17)9-7-13/h3-10H,1-2H3,(H2,19,20,21)/b18-10+. The number of nitrogens with one attached hydrogen (secondary N) is 2. The molecule has 0 atom stereocenters. The molecule has 0 saturated carbocycles. The van der Waals surface area contributed by atoms with Crippen LogP contribution < -0.4 is 10.7 Å². The highest BCUT2D eigenvalue weighted by molar-refractivity contribution is 9.10. The average Bonchev–Trinajstić information content (AvgIpc) is 2.45. The number of hydrogen-bond acceptors (Lipinski definition) is 2. The Balaban J connectivity index is 1.95. The van der Waals surface area contributed by atoms with Crippen LogP contribution in [0.15, 0.2) is 52.0 Å². The van der Waals surface area contributed by atoms with E-state index in [0.29, 0.717) is 0 Å². The van der Waals surface area contributed by atoms with Crippen LogP contribution in [0.25, 0.3) is 0 Å². The number of aryl methyl sites for hydroxylation is 2. The van der Waals surface area contributed by atoms with Gasteiger partial charge < -0.3 is 5.32 Å². The second-order valence-corrected chi connectivity index (χ2v) is 5.56. The molecule has 0 spiro atoms. The molecule has 2 rings (SSSR count). The van der Waals surface area contributed by atoms with Crippen LogP contribution in [0, 0.1) is 13.8 Å². The highest BCUT2D eigenvalue weighted by Crippen LogP contribution is 2.18. The van der Waals surface area contributed by atoms with Crippen molar-refractivity contribution in [3.63, 3.8) is 0 Å². The van der Waals surface area contributed by atoms with Crippen LogP contribution in [-0.4, -0.2) is 12.2 Å². The molecule has 5 heteroatoms. The van der Waals surface area contributed by atoms with Crippen molar-refractivity contribution in [2.45, 2.75) is 13.8 Å². The zero-order chi connectivity index (χ0) is 15.2. The summed E-state index contributed by atoms with van der Waals surface area (Å²) in [5.41, 5.74) is 6.21. The molecule has 0 unspecified atom stereocenters. The fraction of sp³-hybridized carbons (Fsp3) is 0.125. The maximum absolute atomic E-state index is 11.8. The first-order valence-corrected chi connectivity index (χ1v) is 7.27. The van der Waals surface area contributed by atoms with Crippen LogP contribution in [0.4, 0.5) is 10.5 Å². The minimum absolute atomic E-state index is 0.360. The molecule has 2 amide bonds. The SMILES string of the molecule is Cc1cccc(C)c1NC(=O)N/N=C/c1ccc(Br)cc1. The minimum atomic E-state index is -0.360. The van der Waals surface area contributed by atoms with Crippen LogP contribution in [0.5, 0.6) is 0 Å². The normalized spacial score (nSPS) is 10.6. The van der Waals surface area contributed by atoms with Crippen molar-refractivity contribution < 1.29 is 4.79 Å². The molecule has 0 aliphatic rings. The van der Waals surface area contributed by atoms with E-state index in [1.54, 1.807) is 6.21 Å². The Hall–Kier alpha value is -2.14. The number of nitrogens with zero attached hydrogens (tertiary/aromatic N) is 1. The van der Waals surface area contributed by atoms with Gasteiger partial charge in [0, 0.05) is 10.2 Å². The lowest BCUT2D eigenvalue weighted by molar-refractivity contribution is 0.252. The van der Waals surface area contributed by atoms with Gasteiger partial charge in [-0.25, -0.2) is 10.2 Å². The van der Waals surface area contributed by atoms with Crippen molar-refractivity contribution in [1.82, 2.24) is 5.43 Å². The Morgan fingerprint density at radius 3 is 2.33 bits per heavy atom. The van der Waals surface area contributed by atoms with Crippen molar-refractivity contribution in [3.05, 3.63) is 63.6 Å². The van der Waals surface area contributed by atoms with E-state index in [0.717, 1.165) is 26.9 Å². The molecule has 0 aromatic heterocycles. The molecule has 0 fully saturated rings. The Bertz CT molecular complexity index is 645. The van der Waals surface area contributed by atoms with Gasteiger partial charge in [0.1, 0.15) is 0 Å². The Morgan fingerprint density at radius 2 is 1.71 bits per heavy atom. The van der Waals surface area contributed by atoms with Gasteiger partial charge in [-0.2, -0.15) is 5.10 Å². The number of benzene rings is 2. The number of hydrogen-bond donors (Lipinski definition) is 2. The topological polar surface area (TPSA) is 53.5 Å². The lowest BCUT2D eigenvalue weighted by Crippen LogP contribution is -2.25. The molecule has 0 radical (unpaired) electrons. The van der Waals surface area contributed by atoms with Crippen molar-refractivity contribution in [2.24, 2.45) is 5.10 Å². The predicted molar refractivity (Wildman–Crippen MR) is 89.8 cm³/mol. The summed E-state index contributed by atoms with van der Waals surface area (Å²) in [6, 6.07) is 13.1. The molecule has 0 bridgehead atoms. The number of halogens is 1. The average molecular weight is 346 g/mol. The zero-order valence-electron chi connectivity index (χ0n) is 11.9. The summed E-state index contributed by atoms with van der Waals surface area (Å²) >= 11 is 3.36. The van der Waals surface area contributed by atoms with Gasteiger partial charge in [-0.3, -0.25) is 0 Å². The molecular formula is C16H16BrN3O. The first kappa shape index (κ1) is 15.3. The summed E-state index contributed by atoms with van der Waals surface area (Å²) in [6.45, 7) is 3.90. The van der Waals surface area contributed by atoms with Crippen molar-refractivity contribution in [1.29, 1.82) is 0 Å². The molecule has 0 heterocycles. The first-order valence-electron chi connectivity index (χ1n) is 6.48. The van der Waals surface area contributed by atoms with E-state index < -0.39 is 0 Å². The van der Waals surface area contributed by atoms with Crippen LogP contribution in [0.2, 0.25) is 0 Å². The molecule has 4 nitrogen and oxygen atoms in total. The molecule has 2 aromatic carbocycles. The maximum atomic E-state index is 11.8. The number of rotatable bonds is 3. The molecule has 0 aliphatic carbocycles. The van der Waals surface area contributed by atoms with Gasteiger partial charge in [0.25, 0.3) is 0 Å². The molecule has 2 N–H and O–H groups in total. The lowest BCUT2D eigenvalue weighted by Gasteiger charge is -2.10. The Kier molecular flexibility index (Phi) is 5.11. The van der Waals surface area contributed by atoms with Crippen LogP contribution in [0.3, 0.4) is 0 Å². The van der Waals surface area contributed by atoms with E-state index in [-0.39, 0.29) is 6.03 Å². The molecule has 21 heavy (non-hydrogen) atoms. The molecule has 0 aliphatic heterocycles. The quantitative estimate of drug-likeness (QED) is 0.634. The van der Waals surface area contributed by atoms with Gasteiger partial charge in [-0.05, 0) is 42.7 Å². The second kappa shape index (κ2) is 7.04. The van der Waals surface area contributed by atoms with Crippen molar-refractivity contribution >= 4 is 33.9 Å². The lowest BCUT2D eigenvalue weighted by atomic mass is 10.1. The van der Waals surface area contributed by atoms with E-state index in [1.165, 1.54) is 0 Å². The molecular weight excluding hydrogens is 330 g/mol.